The van der Waals surface area contributed by atoms with E-state index in [4.69, 9.17) is 10.5 Å². The van der Waals surface area contributed by atoms with E-state index < -0.39 is 80.3 Å². The van der Waals surface area contributed by atoms with Crippen molar-refractivity contribution < 1.29 is 62.1 Å². The van der Waals surface area contributed by atoms with Gasteiger partial charge in [-0.15, -0.1) is 0 Å². The number of benzene rings is 1. The number of imidazole rings is 1. The summed E-state index contributed by atoms with van der Waals surface area (Å²) in [6.07, 6.45) is 15.4. The van der Waals surface area contributed by atoms with Gasteiger partial charge in [-0.25, -0.2) is 13.7 Å². The number of nitrogens with zero attached hydrogens (tertiary/aromatic N) is 3. The Morgan fingerprint density at radius 3 is 2.25 bits per heavy atom. The lowest BCUT2D eigenvalue weighted by atomic mass is 10.0. The number of aryl methyl sites for hydroxylation is 3. The van der Waals surface area contributed by atoms with Gasteiger partial charge in [0.2, 0.25) is 41.8 Å². The molecule has 2 aliphatic heterocycles. The van der Waals surface area contributed by atoms with Crippen LogP contribution in [0.3, 0.4) is 0 Å². The van der Waals surface area contributed by atoms with E-state index in [9.17, 15) is 48.2 Å². The Morgan fingerprint density at radius 1 is 0.928 bits per heavy atom. The van der Waals surface area contributed by atoms with Crippen LogP contribution in [0.15, 0.2) is 42.9 Å². The summed E-state index contributed by atoms with van der Waals surface area (Å²) >= 11 is 0. The monoisotopic (exact) mass is 990 g/mol. The van der Waals surface area contributed by atoms with Crippen LogP contribution in [0.25, 0.3) is 0 Å². The first kappa shape index (κ1) is 56.9. The van der Waals surface area contributed by atoms with Gasteiger partial charge in [0, 0.05) is 32.9 Å². The maximum atomic E-state index is 14.4. The number of carbonyl (C=O) groups is 6. The average molecular weight is 990 g/mol. The summed E-state index contributed by atoms with van der Waals surface area (Å²) in [5, 5.41) is 20.7. The fourth-order valence-corrected chi connectivity index (χ4v) is 9.51. The molecule has 2 aromatic rings. The first-order chi connectivity index (χ1) is 32.8. The number of ether oxygens (including phenoxy) is 1. The lowest BCUT2D eigenvalue weighted by Crippen LogP contribution is -2.61. The Balaban J connectivity index is 1.61. The summed E-state index contributed by atoms with van der Waals surface area (Å²) in [5.74, 6) is -4.85. The molecule has 0 radical (unpaired) electrons. The predicted octanol–water partition coefficient (Wildman–Crippen LogP) is 2.22. The molecule has 0 unspecified atom stereocenters. The molecule has 0 spiro atoms. The molecule has 4 bridgehead atoms. The predicted molar refractivity (Wildman–Crippen MR) is 255 cm³/mol. The van der Waals surface area contributed by atoms with E-state index in [0.29, 0.717) is 25.4 Å². The molecule has 6 amide bonds. The number of carbonyl (C=O) groups excluding carboxylic acids is 6. The smallest absolute Gasteiger partial charge is 0.394 e. The molecule has 9 N–H and O–H groups in total. The van der Waals surface area contributed by atoms with Gasteiger partial charge in [0.15, 0.2) is 0 Å². The topological polar surface area (TPSA) is 285 Å². The molecule has 4 rings (SSSR count). The van der Waals surface area contributed by atoms with E-state index >= 15 is 0 Å². The molecule has 21 heteroatoms. The second-order valence-electron chi connectivity index (χ2n) is 19.0. The minimum atomic E-state index is -5.13. The summed E-state index contributed by atoms with van der Waals surface area (Å²) in [5.41, 5.74) is 7.47. The molecule has 69 heavy (non-hydrogen) atoms. The first-order valence-corrected chi connectivity index (χ1v) is 26.2. The molecule has 20 nitrogen and oxygen atoms in total. The Bertz CT molecular complexity index is 2020. The van der Waals surface area contributed by atoms with E-state index in [1.165, 1.54) is 17.4 Å². The number of unbranched alkanes of at least 4 members (excludes halogenated alkanes) is 5. The van der Waals surface area contributed by atoms with Crippen LogP contribution < -0.4 is 31.6 Å². The molecule has 1 aromatic heterocycles. The van der Waals surface area contributed by atoms with E-state index in [2.05, 4.69) is 59.2 Å². The van der Waals surface area contributed by atoms with Crippen LogP contribution in [0.5, 0.6) is 0 Å². The van der Waals surface area contributed by atoms with Crippen LogP contribution in [0.4, 0.5) is 0 Å². The van der Waals surface area contributed by atoms with Crippen LogP contribution in [-0.2, 0) is 68.5 Å². The van der Waals surface area contributed by atoms with E-state index in [0.717, 1.165) is 90.4 Å². The Hall–Kier alpha value is -4.72. The van der Waals surface area contributed by atoms with Crippen molar-refractivity contribution in [3.63, 3.8) is 0 Å². The van der Waals surface area contributed by atoms with Crippen molar-refractivity contribution >= 4 is 43.3 Å². The number of hydrogen-bond acceptors (Lipinski definition) is 10. The normalized spacial score (nSPS) is 21.5. The minimum Gasteiger partial charge on any atom is -0.394 e. The molecule has 386 valence electrons. The third-order valence-corrected chi connectivity index (χ3v) is 13.2. The van der Waals surface area contributed by atoms with Gasteiger partial charge in [-0.2, -0.15) is 0 Å². The number of fused-ring (bicyclic) bond motifs is 4. The number of phosphoric acid groups is 1. The van der Waals surface area contributed by atoms with Crippen molar-refractivity contribution in [1.29, 1.82) is 0 Å². The van der Waals surface area contributed by atoms with Crippen molar-refractivity contribution in [3.8, 4) is 0 Å². The lowest BCUT2D eigenvalue weighted by molar-refractivity contribution is -0.697. The Kier molecular flexibility index (Phi) is 23.8. The number of rotatable bonds is 20. The maximum Gasteiger partial charge on any atom is 0.469 e. The fraction of sp³-hybridized carbons (Fsp3) is 0.688. The van der Waals surface area contributed by atoms with Gasteiger partial charge in [0.25, 0.3) is 0 Å². The zero-order chi connectivity index (χ0) is 50.5. The average Bonchev–Trinajstić information content (AvgIpc) is 3.90. The highest BCUT2D eigenvalue weighted by Gasteiger charge is 2.41. The highest BCUT2D eigenvalue weighted by atomic mass is 31.2. The van der Waals surface area contributed by atoms with Crippen molar-refractivity contribution in [2.45, 2.75) is 186 Å². The number of hydrogen-bond donors (Lipinski definition) is 8. The van der Waals surface area contributed by atoms with Crippen LogP contribution in [0.2, 0.25) is 0 Å². The zero-order valence-corrected chi connectivity index (χ0v) is 41.8. The Labute approximate surface area is 406 Å². The number of phosphoric ester groups is 1. The van der Waals surface area contributed by atoms with E-state index in [1.807, 2.05) is 32.4 Å². The Morgan fingerprint density at radius 2 is 1.59 bits per heavy atom. The second-order valence-corrected chi connectivity index (χ2v) is 20.1. The van der Waals surface area contributed by atoms with Gasteiger partial charge >= 0.3 is 7.82 Å². The first-order valence-electron chi connectivity index (χ1n) is 24.7. The molecule has 7 atom stereocenters. The number of nitrogens with two attached hydrogens (primary N) is 1. The summed E-state index contributed by atoms with van der Waals surface area (Å²) in [4.78, 5) is 101. The number of aromatic nitrogens is 2. The standard InChI is InChI=1S/C48H77N8O12P/c1-33(2)26-39-45(60)50-40(46(61)52-41(31-57)47(62)53-43(44(49)59)34(3)68-69(64,65)66)27-37-29-54(32-55(37)24-18-11-6-5-9-14-20-36-21-15-13-16-22-36)23-17-10-7-8-12-19-25-67-38-28-42(48(63)51-39)56(30-38)35(4)58/h13,15-16,21-22,29,32-34,38-43,57H,5-12,14,17-20,23-28,30-31H2,1-4H3,(H7-,49,50,51,52,53,59,60,61,62,63,64,65,66)/p+1/t34-,38-,39+,40+,41+,42+,43+/m1/s1. The third-order valence-electron chi connectivity index (χ3n) is 12.6. The highest BCUT2D eigenvalue weighted by molar-refractivity contribution is 7.46. The van der Waals surface area contributed by atoms with Crippen molar-refractivity contribution in [2.75, 3.05) is 19.8 Å². The van der Waals surface area contributed by atoms with Crippen LogP contribution in [0.1, 0.15) is 129 Å². The maximum absolute atomic E-state index is 14.4. The number of likely N-dealkylation sites (tertiary alicyclic amines) is 1. The highest BCUT2D eigenvalue weighted by Crippen LogP contribution is 2.38. The largest absolute Gasteiger partial charge is 0.469 e. The van der Waals surface area contributed by atoms with Crippen LogP contribution in [0, 0.1) is 5.92 Å². The lowest BCUT2D eigenvalue weighted by Gasteiger charge is -2.28. The molecule has 1 aromatic carbocycles. The van der Waals surface area contributed by atoms with E-state index in [-0.39, 0.29) is 43.7 Å². The summed E-state index contributed by atoms with van der Waals surface area (Å²) in [6, 6.07) is 3.52. The van der Waals surface area contributed by atoms with Crippen molar-refractivity contribution in [3.05, 3.63) is 54.1 Å². The van der Waals surface area contributed by atoms with Gasteiger partial charge in [0.1, 0.15) is 42.1 Å². The number of amides is 6. The summed E-state index contributed by atoms with van der Waals surface area (Å²) < 4.78 is 26.4. The third kappa shape index (κ3) is 19.9. The SMILES string of the molecule is CC(=O)N1C[C@H]2C[C@H]1C(=O)N[C@@H](CC(C)C)C(=O)N[C@H](C(=O)N[C@@H](CO)C(=O)N[C@H](C(N)=O)[C@@H](C)OP(=O)(O)O)Cc1c[n+](cn1CCCCCCCCc1ccccc1)CCCCCCCCO2. The van der Waals surface area contributed by atoms with Crippen molar-refractivity contribution in [2.24, 2.45) is 11.7 Å². The number of nitrogens with one attached hydrogen (secondary N) is 4. The number of primary amides is 1. The number of aliphatic hydroxyl groups excluding tert-OH is 1. The fourth-order valence-electron chi connectivity index (χ4n) is 8.96. The van der Waals surface area contributed by atoms with Crippen LogP contribution >= 0.6 is 7.82 Å². The molecular formula is C48H78N8O12P+. The summed E-state index contributed by atoms with van der Waals surface area (Å²) in [7, 11) is -5.13. The zero-order valence-electron chi connectivity index (χ0n) is 40.9. The number of aliphatic hydroxyl groups is 1. The van der Waals surface area contributed by atoms with Gasteiger partial charge in [-0.3, -0.25) is 33.3 Å². The van der Waals surface area contributed by atoms with Gasteiger partial charge < -0.3 is 51.5 Å². The molecule has 0 saturated carbocycles. The molecule has 3 heterocycles. The molecule has 1 fully saturated rings. The quantitative estimate of drug-likeness (QED) is 0.0539. The molecular weight excluding hydrogens is 912 g/mol. The summed E-state index contributed by atoms with van der Waals surface area (Å²) in [6.45, 7) is 7.33. The molecule has 2 aliphatic rings. The molecule has 1 saturated heterocycles. The van der Waals surface area contributed by atoms with Crippen LogP contribution in [-0.4, -0.2) is 122 Å². The minimum absolute atomic E-state index is 0.0665. The van der Waals surface area contributed by atoms with Gasteiger partial charge in [0.05, 0.1) is 31.9 Å². The van der Waals surface area contributed by atoms with Gasteiger partial charge in [-0.05, 0) is 69.8 Å². The molecule has 0 aliphatic carbocycles. The van der Waals surface area contributed by atoms with Gasteiger partial charge in [-0.1, -0.05) is 82.7 Å². The van der Waals surface area contributed by atoms with E-state index in [1.54, 1.807) is 0 Å². The second kappa shape index (κ2) is 28.8. The van der Waals surface area contributed by atoms with Crippen molar-refractivity contribution in [1.82, 2.24) is 30.7 Å².